The predicted octanol–water partition coefficient (Wildman–Crippen LogP) is 5.83. The Morgan fingerprint density at radius 3 is 2.33 bits per heavy atom. The van der Waals surface area contributed by atoms with Crippen LogP contribution in [0.1, 0.15) is 87.2 Å². The molecule has 2 aromatic rings. The maximum Gasteiger partial charge on any atom is 0.251 e. The highest BCUT2D eigenvalue weighted by Crippen LogP contribution is 2.35. The third-order valence-corrected chi connectivity index (χ3v) is 9.85. The van der Waals surface area contributed by atoms with Crippen LogP contribution in [0.3, 0.4) is 0 Å². The van der Waals surface area contributed by atoms with Gasteiger partial charge in [-0.2, -0.15) is 0 Å². The first-order valence-corrected chi connectivity index (χ1v) is 16.5. The maximum absolute atomic E-state index is 13.9. The maximum atomic E-state index is 13.9. The lowest BCUT2D eigenvalue weighted by Gasteiger charge is -2.41. The number of hydrogen-bond donors (Lipinski definition) is 2. The Balaban J connectivity index is 1.61. The zero-order valence-corrected chi connectivity index (χ0v) is 27.7. The zero-order chi connectivity index (χ0) is 31.3. The van der Waals surface area contributed by atoms with Crippen molar-refractivity contribution in [3.63, 3.8) is 0 Å². The second kappa shape index (κ2) is 14.7. The lowest BCUT2D eigenvalue weighted by atomic mass is 9.82. The van der Waals surface area contributed by atoms with Crippen molar-refractivity contribution < 1.29 is 9.59 Å². The lowest BCUT2D eigenvalue weighted by Crippen LogP contribution is -2.53. The fourth-order valence-electron chi connectivity index (χ4n) is 7.07. The van der Waals surface area contributed by atoms with Gasteiger partial charge in [-0.15, -0.1) is 0 Å². The number of hydrogen-bond acceptors (Lipinski definition) is 5. The summed E-state index contributed by atoms with van der Waals surface area (Å²) in [5.74, 6) is 0.105. The minimum Gasteiger partial charge on any atom is -0.371 e. The molecule has 0 bridgehead atoms. The molecule has 3 N–H and O–H groups in total. The molecule has 3 unspecified atom stereocenters. The monoisotopic (exact) mass is 589 g/mol. The van der Waals surface area contributed by atoms with E-state index in [1.807, 2.05) is 11.0 Å². The van der Waals surface area contributed by atoms with Gasteiger partial charge in [-0.05, 0) is 107 Å². The Morgan fingerprint density at radius 1 is 1.02 bits per heavy atom. The molecule has 1 aliphatic heterocycles. The number of nitrogens with two attached hydrogens (primary N) is 1. The number of rotatable bonds is 11. The van der Waals surface area contributed by atoms with Gasteiger partial charge in [0, 0.05) is 56.1 Å². The van der Waals surface area contributed by atoms with Crippen LogP contribution in [0.15, 0.2) is 36.4 Å². The van der Waals surface area contributed by atoms with Crippen LogP contribution in [0.4, 0.5) is 5.69 Å². The fraction of sp³-hybridized carbons (Fsp3) is 0.611. The van der Waals surface area contributed by atoms with Gasteiger partial charge in [-0.3, -0.25) is 9.59 Å². The van der Waals surface area contributed by atoms with Crippen LogP contribution in [0.2, 0.25) is 0 Å². The number of piperidine rings is 1. The summed E-state index contributed by atoms with van der Waals surface area (Å²) in [7, 11) is 6.30. The molecule has 1 saturated heterocycles. The van der Waals surface area contributed by atoms with Gasteiger partial charge < -0.3 is 25.8 Å². The van der Waals surface area contributed by atoms with E-state index < -0.39 is 0 Å². The Hall–Kier alpha value is -2.90. The fourth-order valence-corrected chi connectivity index (χ4v) is 7.07. The quantitative estimate of drug-likeness (QED) is 0.345. The van der Waals surface area contributed by atoms with Crippen LogP contribution >= 0.6 is 0 Å². The molecular weight excluding hydrogens is 534 g/mol. The third-order valence-electron chi connectivity index (χ3n) is 9.85. The number of amides is 2. The molecule has 43 heavy (non-hydrogen) atoms. The number of benzene rings is 2. The number of carbonyl (C=O) groups is 2. The molecule has 2 aliphatic rings. The van der Waals surface area contributed by atoms with Gasteiger partial charge in [0.1, 0.15) is 0 Å². The summed E-state index contributed by atoms with van der Waals surface area (Å²) in [6, 6.07) is 13.8. The summed E-state index contributed by atoms with van der Waals surface area (Å²) >= 11 is 0. The largest absolute Gasteiger partial charge is 0.371 e. The van der Waals surface area contributed by atoms with Gasteiger partial charge in [0.15, 0.2) is 0 Å². The van der Waals surface area contributed by atoms with Crippen molar-refractivity contribution >= 4 is 17.5 Å². The van der Waals surface area contributed by atoms with Crippen molar-refractivity contribution in [2.75, 3.05) is 39.1 Å². The summed E-state index contributed by atoms with van der Waals surface area (Å²) < 4.78 is 0. The second-order valence-corrected chi connectivity index (χ2v) is 13.5. The first kappa shape index (κ1) is 33.0. The third kappa shape index (κ3) is 7.98. The minimum absolute atomic E-state index is 0.109. The van der Waals surface area contributed by atoms with Crippen LogP contribution in [0.25, 0.3) is 11.1 Å². The molecule has 0 spiro atoms. The number of likely N-dealkylation sites (tertiary alicyclic amines) is 1. The molecule has 2 amide bonds. The molecule has 1 saturated carbocycles. The molecule has 3 atom stereocenters. The van der Waals surface area contributed by atoms with Gasteiger partial charge in [-0.1, -0.05) is 44.5 Å². The SMILES string of the molecule is CCCCN1C(=O)C(CNC(=O)c2cc(-c3ccc(CN(C)C)cc3)cc(N(C)C3CCC(N)CC3)c2C)C(C)CC1C. The number of anilines is 1. The molecule has 2 fully saturated rings. The molecular formula is C36H55N5O2. The average Bonchev–Trinajstić information content (AvgIpc) is 2.97. The van der Waals surface area contributed by atoms with Crippen molar-refractivity contribution in [3.8, 4) is 11.1 Å². The van der Waals surface area contributed by atoms with Gasteiger partial charge in [-0.25, -0.2) is 0 Å². The number of unbranched alkanes of at least 4 members (excludes halogenated alkanes) is 1. The highest BCUT2D eigenvalue weighted by Gasteiger charge is 2.38. The van der Waals surface area contributed by atoms with Crippen molar-refractivity contribution in [3.05, 3.63) is 53.1 Å². The standard InChI is InChI=1S/C36H55N5O2/c1-8-9-18-41-25(3)19-24(2)33(36(41)43)22-38-35(42)32-20-29(28-12-10-27(11-13-28)23-39(5)6)21-34(26(32)4)40(7)31-16-14-30(37)15-17-31/h10-13,20-21,24-25,30-31,33H,8-9,14-19,22-23,37H2,1-7H3,(H,38,42). The zero-order valence-electron chi connectivity index (χ0n) is 27.7. The van der Waals surface area contributed by atoms with Crippen molar-refractivity contribution in [2.45, 2.75) is 97.3 Å². The molecule has 1 heterocycles. The molecule has 2 aromatic carbocycles. The number of nitrogens with zero attached hydrogens (tertiary/aromatic N) is 3. The van der Waals surface area contributed by atoms with Crippen LogP contribution < -0.4 is 16.0 Å². The molecule has 0 aromatic heterocycles. The topological polar surface area (TPSA) is 81.9 Å². The molecule has 1 aliphatic carbocycles. The van der Waals surface area contributed by atoms with Crippen molar-refractivity contribution in [2.24, 2.45) is 17.6 Å². The highest BCUT2D eigenvalue weighted by molar-refractivity contribution is 5.99. The first-order chi connectivity index (χ1) is 20.5. The molecule has 7 heteroatoms. The van der Waals surface area contributed by atoms with E-state index in [2.05, 4.69) is 94.3 Å². The van der Waals surface area contributed by atoms with Gasteiger partial charge in [0.05, 0.1) is 5.92 Å². The molecule has 236 valence electrons. The van der Waals surface area contributed by atoms with Gasteiger partial charge in [0.2, 0.25) is 5.91 Å². The van der Waals surface area contributed by atoms with Crippen LogP contribution in [-0.2, 0) is 11.3 Å². The van der Waals surface area contributed by atoms with E-state index in [1.165, 1.54) is 5.56 Å². The Bertz CT molecular complexity index is 1230. The normalized spacial score (nSPS) is 24.3. The van der Waals surface area contributed by atoms with E-state index >= 15 is 0 Å². The summed E-state index contributed by atoms with van der Waals surface area (Å²) in [4.78, 5) is 34.0. The smallest absolute Gasteiger partial charge is 0.251 e. The Kier molecular flexibility index (Phi) is 11.3. The van der Waals surface area contributed by atoms with Crippen LogP contribution in [0.5, 0.6) is 0 Å². The Labute approximate surface area is 260 Å². The summed E-state index contributed by atoms with van der Waals surface area (Å²) in [6.07, 6.45) is 7.19. The van der Waals surface area contributed by atoms with E-state index in [0.29, 0.717) is 18.2 Å². The highest BCUT2D eigenvalue weighted by atomic mass is 16.2. The number of carbonyl (C=O) groups excluding carboxylic acids is 2. The van der Waals surface area contributed by atoms with E-state index in [9.17, 15) is 9.59 Å². The first-order valence-electron chi connectivity index (χ1n) is 16.5. The number of nitrogens with one attached hydrogen (secondary N) is 1. The Morgan fingerprint density at radius 2 is 1.70 bits per heavy atom. The lowest BCUT2D eigenvalue weighted by molar-refractivity contribution is -0.143. The molecule has 0 radical (unpaired) electrons. The van der Waals surface area contributed by atoms with E-state index in [4.69, 9.17) is 5.73 Å². The minimum atomic E-state index is -0.196. The van der Waals surface area contributed by atoms with Gasteiger partial charge in [0.25, 0.3) is 5.91 Å². The predicted molar refractivity (Wildman–Crippen MR) is 178 cm³/mol. The van der Waals surface area contributed by atoms with E-state index in [1.54, 1.807) is 0 Å². The average molecular weight is 590 g/mol. The summed E-state index contributed by atoms with van der Waals surface area (Å²) in [6.45, 7) is 10.6. The van der Waals surface area contributed by atoms with Gasteiger partial charge >= 0.3 is 0 Å². The van der Waals surface area contributed by atoms with Crippen LogP contribution in [-0.4, -0.2) is 74.0 Å². The summed E-state index contributed by atoms with van der Waals surface area (Å²) in [5.41, 5.74) is 12.3. The van der Waals surface area contributed by atoms with Crippen molar-refractivity contribution in [1.82, 2.24) is 15.1 Å². The van der Waals surface area contributed by atoms with Crippen molar-refractivity contribution in [1.29, 1.82) is 0 Å². The van der Waals surface area contributed by atoms with E-state index in [-0.39, 0.29) is 35.7 Å². The molecule has 4 rings (SSSR count). The molecule has 7 nitrogen and oxygen atoms in total. The second-order valence-electron chi connectivity index (χ2n) is 13.5. The van der Waals surface area contributed by atoms with E-state index in [0.717, 1.165) is 80.4 Å². The van der Waals surface area contributed by atoms with Crippen LogP contribution in [0, 0.1) is 18.8 Å². The summed E-state index contributed by atoms with van der Waals surface area (Å²) in [5, 5.41) is 3.20.